The fourth-order valence-corrected chi connectivity index (χ4v) is 6.99. The number of aliphatic hydroxyl groups excluding tert-OH is 1. The third kappa shape index (κ3) is 5.18. The lowest BCUT2D eigenvalue weighted by atomic mass is 10.2. The third-order valence-electron chi connectivity index (χ3n) is 6.43. The molecule has 10 heteroatoms. The summed E-state index contributed by atoms with van der Waals surface area (Å²) in [7, 11) is -3.55. The molecule has 0 bridgehead atoms. The number of nitrogens with zero attached hydrogens (tertiary/aromatic N) is 3. The summed E-state index contributed by atoms with van der Waals surface area (Å²) < 4.78 is 31.6. The molecule has 0 saturated carbocycles. The summed E-state index contributed by atoms with van der Waals surface area (Å²) in [6.45, 7) is 2.83. The SMILES string of the molecule is O=S(=O)(c1ccc(Cl)cc1)N1CCN(C[C@@H](O)Cn2c3ccc(Br)cc3c3cc(Br)ccc32)CC1. The highest BCUT2D eigenvalue weighted by atomic mass is 79.9. The molecule has 0 unspecified atom stereocenters. The molecule has 2 heterocycles. The van der Waals surface area contributed by atoms with Crippen molar-refractivity contribution in [3.05, 3.63) is 74.6 Å². The number of sulfonamides is 1. The van der Waals surface area contributed by atoms with Gasteiger partial charge in [0.2, 0.25) is 10.0 Å². The molecule has 0 aliphatic carbocycles. The van der Waals surface area contributed by atoms with Crippen LogP contribution in [0.2, 0.25) is 5.02 Å². The maximum atomic E-state index is 12.9. The number of hydrogen-bond donors (Lipinski definition) is 1. The average Bonchev–Trinajstić information content (AvgIpc) is 3.11. The number of fused-ring (bicyclic) bond motifs is 3. The molecular weight excluding hydrogens is 618 g/mol. The first-order valence-electron chi connectivity index (χ1n) is 11.3. The van der Waals surface area contributed by atoms with Gasteiger partial charge < -0.3 is 9.67 Å². The Kier molecular flexibility index (Phi) is 7.29. The monoisotopic (exact) mass is 639 g/mol. The van der Waals surface area contributed by atoms with Crippen molar-refractivity contribution in [2.75, 3.05) is 32.7 Å². The predicted octanol–water partition coefficient (Wildman–Crippen LogP) is 5.34. The molecule has 0 radical (unpaired) electrons. The summed E-state index contributed by atoms with van der Waals surface area (Å²) >= 11 is 13.0. The Labute approximate surface area is 226 Å². The van der Waals surface area contributed by atoms with Crippen LogP contribution < -0.4 is 0 Å². The van der Waals surface area contributed by atoms with Crippen molar-refractivity contribution in [1.29, 1.82) is 0 Å². The van der Waals surface area contributed by atoms with E-state index in [1.165, 1.54) is 16.4 Å². The summed E-state index contributed by atoms with van der Waals surface area (Å²) in [5, 5.41) is 13.8. The quantitative estimate of drug-likeness (QED) is 0.309. The highest BCUT2D eigenvalue weighted by Crippen LogP contribution is 2.33. The summed E-state index contributed by atoms with van der Waals surface area (Å²) in [5.41, 5.74) is 2.14. The summed E-state index contributed by atoms with van der Waals surface area (Å²) in [4.78, 5) is 2.37. The highest BCUT2D eigenvalue weighted by molar-refractivity contribution is 9.10. The van der Waals surface area contributed by atoms with Crippen LogP contribution in [0, 0.1) is 0 Å². The van der Waals surface area contributed by atoms with E-state index < -0.39 is 16.1 Å². The molecule has 5 rings (SSSR count). The van der Waals surface area contributed by atoms with E-state index in [0.29, 0.717) is 44.3 Å². The summed E-state index contributed by atoms with van der Waals surface area (Å²) in [5.74, 6) is 0. The predicted molar refractivity (Wildman–Crippen MR) is 148 cm³/mol. The lowest BCUT2D eigenvalue weighted by Gasteiger charge is -2.35. The standard InChI is InChI=1S/C25H24Br2ClN3O3S/c26-17-1-7-24-22(13-17)23-14-18(27)2-8-25(23)31(24)16-20(32)15-29-9-11-30(12-10-29)35(33,34)21-5-3-19(28)4-6-21/h1-8,13-14,20,32H,9-12,15-16H2/t20-/m1/s1. The van der Waals surface area contributed by atoms with Gasteiger partial charge in [-0.1, -0.05) is 43.5 Å². The second kappa shape index (κ2) is 10.1. The van der Waals surface area contributed by atoms with E-state index >= 15 is 0 Å². The Morgan fingerprint density at radius 2 is 1.37 bits per heavy atom. The Morgan fingerprint density at radius 1 is 0.829 bits per heavy atom. The van der Waals surface area contributed by atoms with Crippen molar-refractivity contribution in [2.24, 2.45) is 0 Å². The number of β-amino-alcohol motifs (C(OH)–C–C–N with tert-alkyl or cyclic N) is 1. The van der Waals surface area contributed by atoms with E-state index in [0.717, 1.165) is 30.8 Å². The largest absolute Gasteiger partial charge is 0.390 e. The van der Waals surface area contributed by atoms with Crippen molar-refractivity contribution < 1.29 is 13.5 Å². The van der Waals surface area contributed by atoms with E-state index in [1.807, 2.05) is 12.1 Å². The van der Waals surface area contributed by atoms with Gasteiger partial charge in [0.15, 0.2) is 0 Å². The Morgan fingerprint density at radius 3 is 1.91 bits per heavy atom. The van der Waals surface area contributed by atoms with Gasteiger partial charge in [-0.15, -0.1) is 0 Å². The number of benzene rings is 3. The van der Waals surface area contributed by atoms with Crippen LogP contribution in [0.1, 0.15) is 0 Å². The summed E-state index contributed by atoms with van der Waals surface area (Å²) in [6.07, 6.45) is -0.597. The number of rotatable bonds is 6. The van der Waals surface area contributed by atoms with Crippen LogP contribution in [0.4, 0.5) is 0 Å². The number of aliphatic hydroxyl groups is 1. The van der Waals surface area contributed by atoms with Gasteiger partial charge in [-0.3, -0.25) is 4.90 Å². The second-order valence-electron chi connectivity index (χ2n) is 8.75. The molecule has 1 aromatic heterocycles. The fourth-order valence-electron chi connectivity index (χ4n) is 4.72. The van der Waals surface area contributed by atoms with Crippen LogP contribution in [-0.4, -0.2) is 66.1 Å². The topological polar surface area (TPSA) is 65.8 Å². The van der Waals surface area contributed by atoms with Crippen molar-refractivity contribution >= 4 is 75.3 Å². The van der Waals surface area contributed by atoms with Gasteiger partial charge in [0, 0.05) is 68.5 Å². The number of hydrogen-bond acceptors (Lipinski definition) is 4. The molecule has 4 aromatic rings. The van der Waals surface area contributed by atoms with Crippen LogP contribution in [0.25, 0.3) is 21.8 Å². The molecule has 35 heavy (non-hydrogen) atoms. The van der Waals surface area contributed by atoms with Crippen LogP contribution in [0.5, 0.6) is 0 Å². The third-order valence-corrected chi connectivity index (χ3v) is 9.59. The average molecular weight is 642 g/mol. The van der Waals surface area contributed by atoms with E-state index in [-0.39, 0.29) is 4.90 Å². The molecule has 6 nitrogen and oxygen atoms in total. The van der Waals surface area contributed by atoms with Gasteiger partial charge in [0.25, 0.3) is 0 Å². The first-order chi connectivity index (χ1) is 16.7. The Balaban J connectivity index is 1.28. The minimum atomic E-state index is -3.55. The summed E-state index contributed by atoms with van der Waals surface area (Å²) in [6, 6.07) is 18.6. The molecule has 0 amide bonds. The zero-order chi connectivity index (χ0) is 24.7. The van der Waals surface area contributed by atoms with Crippen LogP contribution >= 0.6 is 43.5 Å². The van der Waals surface area contributed by atoms with Crippen molar-refractivity contribution in [1.82, 2.24) is 13.8 Å². The number of halogens is 3. The van der Waals surface area contributed by atoms with E-state index in [1.54, 1.807) is 12.1 Å². The highest BCUT2D eigenvalue weighted by Gasteiger charge is 2.29. The van der Waals surface area contributed by atoms with Crippen molar-refractivity contribution in [3.63, 3.8) is 0 Å². The van der Waals surface area contributed by atoms with Crippen molar-refractivity contribution in [3.8, 4) is 0 Å². The van der Waals surface area contributed by atoms with Crippen molar-refractivity contribution in [2.45, 2.75) is 17.5 Å². The van der Waals surface area contributed by atoms with Crippen LogP contribution in [0.3, 0.4) is 0 Å². The molecule has 184 valence electrons. The zero-order valence-electron chi connectivity index (χ0n) is 18.7. The number of piperazine rings is 1. The van der Waals surface area contributed by atoms with Gasteiger partial charge in [0.05, 0.1) is 17.5 Å². The molecule has 1 aliphatic heterocycles. The van der Waals surface area contributed by atoms with E-state index in [2.05, 4.69) is 65.6 Å². The maximum absolute atomic E-state index is 12.9. The van der Waals surface area contributed by atoms with E-state index in [4.69, 9.17) is 11.6 Å². The minimum Gasteiger partial charge on any atom is -0.390 e. The molecule has 3 aromatic carbocycles. The lowest BCUT2D eigenvalue weighted by molar-refractivity contribution is 0.0823. The van der Waals surface area contributed by atoms with Gasteiger partial charge in [0.1, 0.15) is 0 Å². The Bertz CT molecular complexity index is 1420. The van der Waals surface area contributed by atoms with E-state index in [9.17, 15) is 13.5 Å². The van der Waals surface area contributed by atoms with Gasteiger partial charge in [-0.2, -0.15) is 4.31 Å². The normalized spacial score (nSPS) is 16.8. The molecule has 1 saturated heterocycles. The molecule has 1 N–H and O–H groups in total. The molecule has 0 spiro atoms. The maximum Gasteiger partial charge on any atom is 0.243 e. The molecule has 1 fully saturated rings. The molecular formula is C25H24Br2ClN3O3S. The Hall–Kier alpha value is -1.46. The first kappa shape index (κ1) is 25.2. The molecule has 1 aliphatic rings. The first-order valence-corrected chi connectivity index (χ1v) is 14.7. The van der Waals surface area contributed by atoms with Crippen LogP contribution in [-0.2, 0) is 16.6 Å². The minimum absolute atomic E-state index is 0.250. The van der Waals surface area contributed by atoms with Gasteiger partial charge in [-0.25, -0.2) is 8.42 Å². The zero-order valence-corrected chi connectivity index (χ0v) is 23.5. The molecule has 1 atom stereocenters. The fraction of sp³-hybridized carbons (Fsp3) is 0.280. The lowest BCUT2D eigenvalue weighted by Crippen LogP contribution is -2.50. The smallest absolute Gasteiger partial charge is 0.243 e. The van der Waals surface area contributed by atoms with Gasteiger partial charge in [-0.05, 0) is 60.7 Å². The van der Waals surface area contributed by atoms with Crippen LogP contribution in [0.15, 0.2) is 74.5 Å². The van der Waals surface area contributed by atoms with Gasteiger partial charge >= 0.3 is 0 Å². The number of aromatic nitrogens is 1. The second-order valence-corrected chi connectivity index (χ2v) is 13.0.